The molecule has 0 aliphatic carbocycles. The number of carbonyl (C=O) groups is 1. The lowest BCUT2D eigenvalue weighted by Crippen LogP contribution is -2.29. The number of nitrogens with zero attached hydrogens (tertiary/aromatic N) is 1. The molecule has 1 amide bonds. The van der Waals surface area contributed by atoms with Crippen LogP contribution in [0, 0.1) is 28.3 Å². The summed E-state index contributed by atoms with van der Waals surface area (Å²) in [7, 11) is 0. The molecule has 0 aliphatic rings. The van der Waals surface area contributed by atoms with Crippen molar-refractivity contribution in [3.05, 3.63) is 32.5 Å². The van der Waals surface area contributed by atoms with Gasteiger partial charge in [-0.3, -0.25) is 14.9 Å². The number of carbonyl (C=O) groups excluding carboxylic acids is 1. The zero-order valence-corrected chi connectivity index (χ0v) is 11.1. The Labute approximate surface area is 116 Å². The molecule has 1 aromatic carbocycles. The molecule has 1 aromatic rings. The van der Waals surface area contributed by atoms with Gasteiger partial charge in [0.1, 0.15) is 5.82 Å². The van der Waals surface area contributed by atoms with Crippen molar-refractivity contribution >= 4 is 27.5 Å². The first-order valence-corrected chi connectivity index (χ1v) is 5.71. The minimum absolute atomic E-state index is 0.0129. The zero-order chi connectivity index (χ0) is 14.4. The average Bonchev–Trinajstić information content (AvgIpc) is 2.36. The molecule has 1 rings (SSSR count). The van der Waals surface area contributed by atoms with Crippen molar-refractivity contribution in [2.24, 2.45) is 0 Å². The average molecular weight is 331 g/mol. The highest BCUT2D eigenvalue weighted by Crippen LogP contribution is 2.32. The fourth-order valence-electron chi connectivity index (χ4n) is 1.12. The van der Waals surface area contributed by atoms with Gasteiger partial charge < -0.3 is 10.1 Å². The molecule has 100 valence electrons. The van der Waals surface area contributed by atoms with Crippen LogP contribution in [-0.2, 0) is 4.79 Å². The molecular weight excluding hydrogens is 323 g/mol. The molecule has 0 aliphatic heterocycles. The van der Waals surface area contributed by atoms with Gasteiger partial charge in [-0.25, -0.2) is 4.39 Å². The molecule has 0 heterocycles. The van der Waals surface area contributed by atoms with Gasteiger partial charge in [-0.15, -0.1) is 6.42 Å². The van der Waals surface area contributed by atoms with Crippen LogP contribution in [0.5, 0.6) is 5.75 Å². The molecule has 19 heavy (non-hydrogen) atoms. The molecule has 0 bridgehead atoms. The fourth-order valence-corrected chi connectivity index (χ4v) is 1.45. The monoisotopic (exact) mass is 330 g/mol. The van der Waals surface area contributed by atoms with Crippen LogP contribution in [-0.4, -0.2) is 24.0 Å². The van der Waals surface area contributed by atoms with Crippen LogP contribution in [0.25, 0.3) is 0 Å². The first kappa shape index (κ1) is 14.9. The maximum atomic E-state index is 13.3. The number of hydrogen-bond acceptors (Lipinski definition) is 4. The number of hydrogen-bond donors (Lipinski definition) is 1. The third-order valence-corrected chi connectivity index (χ3v) is 2.55. The molecule has 0 saturated heterocycles. The van der Waals surface area contributed by atoms with Gasteiger partial charge >= 0.3 is 5.69 Å². The van der Waals surface area contributed by atoms with Crippen LogP contribution in [0.2, 0.25) is 0 Å². The van der Waals surface area contributed by atoms with E-state index in [-0.39, 0.29) is 16.8 Å². The van der Waals surface area contributed by atoms with Crippen LogP contribution in [0.3, 0.4) is 0 Å². The number of rotatable bonds is 5. The summed E-state index contributed by atoms with van der Waals surface area (Å²) in [5, 5.41) is 13.1. The molecule has 0 saturated carbocycles. The lowest BCUT2D eigenvalue weighted by molar-refractivity contribution is -0.385. The van der Waals surface area contributed by atoms with E-state index >= 15 is 0 Å². The SMILES string of the molecule is C#CCNC(=O)COc1cc(F)c(Br)cc1[N+](=O)[O-]. The minimum Gasteiger partial charge on any atom is -0.477 e. The van der Waals surface area contributed by atoms with E-state index in [9.17, 15) is 19.3 Å². The van der Waals surface area contributed by atoms with Gasteiger partial charge in [0.05, 0.1) is 15.9 Å². The summed E-state index contributed by atoms with van der Waals surface area (Å²) in [6.45, 7) is -0.484. The summed E-state index contributed by atoms with van der Waals surface area (Å²) in [6.07, 6.45) is 4.93. The number of terminal acetylenes is 1. The van der Waals surface area contributed by atoms with Crippen LogP contribution in [0.15, 0.2) is 16.6 Å². The van der Waals surface area contributed by atoms with Gasteiger partial charge in [0.2, 0.25) is 5.75 Å². The summed E-state index contributed by atoms with van der Waals surface area (Å²) in [5.41, 5.74) is -0.446. The second-order valence-corrected chi connectivity index (χ2v) is 4.12. The van der Waals surface area contributed by atoms with Crippen LogP contribution in [0.4, 0.5) is 10.1 Å². The van der Waals surface area contributed by atoms with Crippen LogP contribution < -0.4 is 10.1 Å². The molecule has 0 atom stereocenters. The Morgan fingerprint density at radius 3 is 2.89 bits per heavy atom. The molecule has 0 aromatic heterocycles. The number of nitro benzene ring substituents is 1. The smallest absolute Gasteiger partial charge is 0.312 e. The van der Waals surface area contributed by atoms with E-state index in [1.165, 1.54) is 0 Å². The third kappa shape index (κ3) is 4.22. The van der Waals surface area contributed by atoms with Gasteiger partial charge in [0, 0.05) is 12.1 Å². The standard InChI is InChI=1S/C11H8BrFN2O4/c1-2-3-14-11(16)6-19-10-5-8(13)7(12)4-9(10)15(17)18/h1,4-5H,3,6H2,(H,14,16). The highest BCUT2D eigenvalue weighted by Gasteiger charge is 2.19. The van der Waals surface area contributed by atoms with E-state index in [0.29, 0.717) is 0 Å². The fraction of sp³-hybridized carbons (Fsp3) is 0.182. The van der Waals surface area contributed by atoms with Crippen molar-refractivity contribution in [3.63, 3.8) is 0 Å². The van der Waals surface area contributed by atoms with E-state index in [1.54, 1.807) is 0 Å². The summed E-state index contributed by atoms with van der Waals surface area (Å²) in [5.74, 6) is 0.558. The lowest BCUT2D eigenvalue weighted by atomic mass is 10.3. The van der Waals surface area contributed by atoms with Gasteiger partial charge in [-0.05, 0) is 15.9 Å². The van der Waals surface area contributed by atoms with Gasteiger partial charge in [0.15, 0.2) is 6.61 Å². The van der Waals surface area contributed by atoms with Gasteiger partial charge in [0.25, 0.3) is 5.91 Å². The topological polar surface area (TPSA) is 81.5 Å². The predicted octanol–water partition coefficient (Wildman–Crippen LogP) is 1.62. The number of benzene rings is 1. The molecule has 6 nitrogen and oxygen atoms in total. The maximum absolute atomic E-state index is 13.3. The number of nitro groups is 1. The van der Waals surface area contributed by atoms with Crippen LogP contribution >= 0.6 is 15.9 Å². The van der Waals surface area contributed by atoms with Gasteiger partial charge in [-0.2, -0.15) is 0 Å². The lowest BCUT2D eigenvalue weighted by Gasteiger charge is -2.07. The first-order chi connectivity index (χ1) is 8.95. The summed E-state index contributed by atoms with van der Waals surface area (Å²) in [4.78, 5) is 21.2. The molecule has 0 unspecified atom stereocenters. The molecular formula is C11H8BrFN2O4. The Balaban J connectivity index is 2.83. The van der Waals surface area contributed by atoms with Crippen molar-refractivity contribution in [2.75, 3.05) is 13.2 Å². The number of ether oxygens (including phenoxy) is 1. The molecule has 1 N–H and O–H groups in total. The van der Waals surface area contributed by atoms with Crippen LogP contribution in [0.1, 0.15) is 0 Å². The first-order valence-electron chi connectivity index (χ1n) is 4.92. The van der Waals surface area contributed by atoms with E-state index in [4.69, 9.17) is 11.2 Å². The molecule has 0 radical (unpaired) electrons. The number of nitrogens with one attached hydrogen (secondary N) is 1. The quantitative estimate of drug-likeness (QED) is 0.505. The van der Waals surface area contributed by atoms with Crippen molar-refractivity contribution in [1.82, 2.24) is 5.32 Å². The second-order valence-electron chi connectivity index (χ2n) is 3.26. The minimum atomic E-state index is -0.737. The molecule has 8 heteroatoms. The van der Waals surface area contributed by atoms with Crippen molar-refractivity contribution in [3.8, 4) is 18.1 Å². The number of amides is 1. The summed E-state index contributed by atoms with van der Waals surface area (Å²) in [6, 6.07) is 1.79. The van der Waals surface area contributed by atoms with E-state index in [2.05, 4.69) is 27.2 Å². The summed E-state index contributed by atoms with van der Waals surface area (Å²) >= 11 is 2.83. The van der Waals surface area contributed by atoms with Crippen molar-refractivity contribution in [1.29, 1.82) is 0 Å². The molecule has 0 spiro atoms. The number of halogens is 2. The Morgan fingerprint density at radius 2 is 2.32 bits per heavy atom. The van der Waals surface area contributed by atoms with E-state index < -0.39 is 28.9 Å². The summed E-state index contributed by atoms with van der Waals surface area (Å²) < 4.78 is 18.1. The van der Waals surface area contributed by atoms with E-state index in [1.807, 2.05) is 0 Å². The largest absolute Gasteiger partial charge is 0.477 e. The predicted molar refractivity (Wildman–Crippen MR) is 68.1 cm³/mol. The van der Waals surface area contributed by atoms with Gasteiger partial charge in [-0.1, -0.05) is 5.92 Å². The van der Waals surface area contributed by atoms with E-state index in [0.717, 1.165) is 12.1 Å². The Hall–Kier alpha value is -2.14. The van der Waals surface area contributed by atoms with Crippen molar-refractivity contribution in [2.45, 2.75) is 0 Å². The maximum Gasteiger partial charge on any atom is 0.312 e. The molecule has 0 fully saturated rings. The third-order valence-electron chi connectivity index (χ3n) is 1.94. The Bertz CT molecular complexity index is 556. The van der Waals surface area contributed by atoms with Crippen molar-refractivity contribution < 1.29 is 18.8 Å². The normalized spacial score (nSPS) is 9.53. The highest BCUT2D eigenvalue weighted by molar-refractivity contribution is 9.10. The Morgan fingerprint density at radius 1 is 1.63 bits per heavy atom. The zero-order valence-electron chi connectivity index (χ0n) is 9.48. The Kier molecular flexibility index (Phi) is 5.26. The second kappa shape index (κ2) is 6.70. The highest BCUT2D eigenvalue weighted by atomic mass is 79.9.